The van der Waals surface area contributed by atoms with Crippen molar-refractivity contribution in [3.63, 3.8) is 0 Å². The maximum atomic E-state index is 13.9. The Balaban J connectivity index is 1.46. The fraction of sp³-hybridized carbons (Fsp3) is 0.174. The molecular formula is C23H21FN4O3. The van der Waals surface area contributed by atoms with E-state index in [1.807, 2.05) is 0 Å². The number of rotatable bonds is 6. The monoisotopic (exact) mass is 420 g/mol. The highest BCUT2D eigenvalue weighted by Crippen LogP contribution is 2.18. The number of nitrogens with zero attached hydrogens (tertiary/aromatic N) is 2. The quantitative estimate of drug-likeness (QED) is 0.498. The van der Waals surface area contributed by atoms with Crippen LogP contribution in [0.4, 0.5) is 15.8 Å². The topological polar surface area (TPSA) is 84.6 Å². The average molecular weight is 420 g/mol. The molecule has 0 radical (unpaired) electrons. The van der Waals surface area contributed by atoms with Crippen molar-refractivity contribution in [2.75, 3.05) is 10.6 Å². The molecule has 0 saturated heterocycles. The van der Waals surface area contributed by atoms with Crippen molar-refractivity contribution in [2.24, 2.45) is 0 Å². The van der Waals surface area contributed by atoms with Gasteiger partial charge in [-0.05, 0) is 61.0 Å². The highest BCUT2D eigenvalue weighted by Gasteiger charge is 2.12. The average Bonchev–Trinajstić information content (AvgIpc) is 3.22. The van der Waals surface area contributed by atoms with Crippen LogP contribution in [0.3, 0.4) is 0 Å². The van der Waals surface area contributed by atoms with Crippen LogP contribution in [0.5, 0.6) is 0 Å². The first kappa shape index (κ1) is 20.3. The molecule has 8 heteroatoms. The molecule has 0 aliphatic rings. The molecule has 0 aliphatic heterocycles. The lowest BCUT2D eigenvalue weighted by Gasteiger charge is -2.13. The molecule has 0 bridgehead atoms. The second kappa shape index (κ2) is 8.43. The Morgan fingerprint density at radius 2 is 1.65 bits per heavy atom. The van der Waals surface area contributed by atoms with Gasteiger partial charge in [0.05, 0.1) is 11.0 Å². The highest BCUT2D eigenvalue weighted by molar-refractivity contribution is 5.92. The van der Waals surface area contributed by atoms with Crippen molar-refractivity contribution < 1.29 is 14.0 Å². The zero-order valence-electron chi connectivity index (χ0n) is 16.9. The molecule has 4 rings (SSSR count). The number of aryl methyl sites for hydroxylation is 1. The normalized spacial score (nSPS) is 11.0. The highest BCUT2D eigenvalue weighted by atomic mass is 19.1. The molecule has 158 valence electrons. The number of fused-ring (bicyclic) bond motifs is 3. The van der Waals surface area contributed by atoms with Gasteiger partial charge in [0, 0.05) is 37.5 Å². The second-order valence-electron chi connectivity index (χ2n) is 7.26. The van der Waals surface area contributed by atoms with Crippen molar-refractivity contribution in [2.45, 2.75) is 26.3 Å². The van der Waals surface area contributed by atoms with E-state index in [1.54, 1.807) is 53.1 Å². The van der Waals surface area contributed by atoms with E-state index >= 15 is 0 Å². The fourth-order valence-electron chi connectivity index (χ4n) is 3.61. The summed E-state index contributed by atoms with van der Waals surface area (Å²) in [5, 5.41) is 5.45. The molecule has 7 nitrogen and oxygen atoms in total. The standard InChI is InChI=1S/C23H21FN4O3/c1-15(29)25-17-7-9-18(10-8-17)26-22(30)5-3-13-28-21-14-16(24)6-11-19(21)27-12-2-4-20(27)23(28)31/h2,4,6-12,14H,3,5,13H2,1H3,(H,25,29)(H,26,30). The summed E-state index contributed by atoms with van der Waals surface area (Å²) in [6.07, 6.45) is 2.38. The lowest BCUT2D eigenvalue weighted by atomic mass is 10.2. The molecule has 31 heavy (non-hydrogen) atoms. The molecule has 0 fully saturated rings. The van der Waals surface area contributed by atoms with Gasteiger partial charge in [0.2, 0.25) is 11.8 Å². The minimum Gasteiger partial charge on any atom is -0.326 e. The van der Waals surface area contributed by atoms with Gasteiger partial charge in [-0.3, -0.25) is 14.4 Å². The van der Waals surface area contributed by atoms with E-state index in [2.05, 4.69) is 10.6 Å². The van der Waals surface area contributed by atoms with Crippen LogP contribution in [0.2, 0.25) is 0 Å². The molecule has 0 spiro atoms. The van der Waals surface area contributed by atoms with E-state index in [0.717, 1.165) is 5.52 Å². The van der Waals surface area contributed by atoms with E-state index in [9.17, 15) is 18.8 Å². The van der Waals surface area contributed by atoms with Crippen molar-refractivity contribution in [3.8, 4) is 0 Å². The number of anilines is 2. The Morgan fingerprint density at radius 1 is 0.935 bits per heavy atom. The van der Waals surface area contributed by atoms with Crippen LogP contribution in [0.1, 0.15) is 19.8 Å². The van der Waals surface area contributed by atoms with Crippen LogP contribution in [0, 0.1) is 5.82 Å². The van der Waals surface area contributed by atoms with Crippen LogP contribution in [-0.2, 0) is 16.1 Å². The van der Waals surface area contributed by atoms with Gasteiger partial charge in [0.1, 0.15) is 11.3 Å². The Morgan fingerprint density at radius 3 is 2.35 bits per heavy atom. The van der Waals surface area contributed by atoms with Crippen molar-refractivity contribution in [1.82, 2.24) is 8.97 Å². The summed E-state index contributed by atoms with van der Waals surface area (Å²) in [4.78, 5) is 36.3. The van der Waals surface area contributed by atoms with Gasteiger partial charge in [0.25, 0.3) is 5.56 Å². The van der Waals surface area contributed by atoms with Crippen molar-refractivity contribution in [3.05, 3.63) is 77.0 Å². The molecule has 2 N–H and O–H groups in total. The Kier molecular flexibility index (Phi) is 5.53. The first-order valence-electron chi connectivity index (χ1n) is 9.89. The Hall–Kier alpha value is -3.94. The zero-order valence-corrected chi connectivity index (χ0v) is 16.9. The van der Waals surface area contributed by atoms with E-state index in [4.69, 9.17) is 0 Å². The summed E-state index contributed by atoms with van der Waals surface area (Å²) in [6, 6.07) is 14.6. The van der Waals surface area contributed by atoms with Gasteiger partial charge in [-0.2, -0.15) is 0 Å². The molecule has 2 aromatic carbocycles. The predicted octanol–water partition coefficient (Wildman–Crippen LogP) is 3.77. The summed E-state index contributed by atoms with van der Waals surface area (Å²) in [5.74, 6) is -0.787. The molecular weight excluding hydrogens is 399 g/mol. The van der Waals surface area contributed by atoms with Gasteiger partial charge in [-0.15, -0.1) is 0 Å². The third kappa shape index (κ3) is 4.32. The lowest BCUT2D eigenvalue weighted by molar-refractivity contribution is -0.116. The Bertz CT molecular complexity index is 1340. The summed E-state index contributed by atoms with van der Waals surface area (Å²) < 4.78 is 17.1. The van der Waals surface area contributed by atoms with Crippen LogP contribution in [-0.4, -0.2) is 20.8 Å². The minimum atomic E-state index is -0.424. The minimum absolute atomic E-state index is 0.169. The van der Waals surface area contributed by atoms with Gasteiger partial charge < -0.3 is 19.6 Å². The smallest absolute Gasteiger partial charge is 0.275 e. The molecule has 0 saturated carbocycles. The summed E-state index contributed by atoms with van der Waals surface area (Å²) in [6.45, 7) is 1.71. The predicted molar refractivity (Wildman–Crippen MR) is 118 cm³/mol. The molecule has 4 aromatic rings. The Labute approximate surface area is 177 Å². The van der Waals surface area contributed by atoms with Crippen molar-refractivity contribution in [1.29, 1.82) is 0 Å². The zero-order chi connectivity index (χ0) is 22.0. The number of carbonyl (C=O) groups excluding carboxylic acids is 2. The SMILES string of the molecule is CC(=O)Nc1ccc(NC(=O)CCCn2c(=O)c3cccn3c3ccc(F)cc32)cc1. The maximum absolute atomic E-state index is 13.9. The van der Waals surface area contributed by atoms with Gasteiger partial charge >= 0.3 is 0 Å². The third-order valence-electron chi connectivity index (χ3n) is 4.98. The largest absolute Gasteiger partial charge is 0.326 e. The fourth-order valence-corrected chi connectivity index (χ4v) is 3.61. The molecule has 2 heterocycles. The second-order valence-corrected chi connectivity index (χ2v) is 7.26. The number of amides is 2. The van der Waals surface area contributed by atoms with Crippen LogP contribution >= 0.6 is 0 Å². The molecule has 0 unspecified atom stereocenters. The number of halogens is 1. The van der Waals surface area contributed by atoms with Gasteiger partial charge in [-0.1, -0.05) is 0 Å². The third-order valence-corrected chi connectivity index (χ3v) is 4.98. The summed E-state index contributed by atoms with van der Waals surface area (Å²) >= 11 is 0. The first-order chi connectivity index (χ1) is 14.9. The summed E-state index contributed by atoms with van der Waals surface area (Å²) in [7, 11) is 0. The number of aromatic nitrogens is 2. The lowest BCUT2D eigenvalue weighted by Crippen LogP contribution is -2.23. The first-order valence-corrected chi connectivity index (χ1v) is 9.89. The van der Waals surface area contributed by atoms with Gasteiger partial charge in [0.15, 0.2) is 0 Å². The van der Waals surface area contributed by atoms with Crippen LogP contribution in [0.15, 0.2) is 65.6 Å². The number of carbonyl (C=O) groups is 2. The van der Waals surface area contributed by atoms with E-state index < -0.39 is 5.82 Å². The maximum Gasteiger partial charge on any atom is 0.275 e. The number of hydrogen-bond donors (Lipinski definition) is 2. The number of nitrogens with one attached hydrogen (secondary N) is 2. The van der Waals surface area contributed by atoms with E-state index in [-0.39, 0.29) is 30.3 Å². The van der Waals surface area contributed by atoms with Crippen LogP contribution in [0.25, 0.3) is 16.6 Å². The molecule has 0 atom stereocenters. The number of hydrogen-bond acceptors (Lipinski definition) is 3. The van der Waals surface area contributed by atoms with Crippen molar-refractivity contribution >= 4 is 39.7 Å². The molecule has 2 amide bonds. The van der Waals surface area contributed by atoms with Crippen LogP contribution < -0.4 is 16.2 Å². The van der Waals surface area contributed by atoms with E-state index in [1.165, 1.54) is 23.6 Å². The molecule has 2 aromatic heterocycles. The van der Waals surface area contributed by atoms with Gasteiger partial charge in [-0.25, -0.2) is 4.39 Å². The van der Waals surface area contributed by atoms with E-state index in [0.29, 0.717) is 28.8 Å². The number of benzene rings is 2. The summed E-state index contributed by atoms with van der Waals surface area (Å²) in [5.41, 5.74) is 2.75. The molecule has 0 aliphatic carbocycles.